The van der Waals surface area contributed by atoms with Gasteiger partial charge < -0.3 is 14.6 Å². The molecule has 0 saturated carbocycles. The van der Waals surface area contributed by atoms with Crippen LogP contribution in [0.3, 0.4) is 0 Å². The fourth-order valence-corrected chi connectivity index (χ4v) is 2.71. The van der Waals surface area contributed by atoms with E-state index in [1.54, 1.807) is 23.5 Å². The van der Waals surface area contributed by atoms with Gasteiger partial charge in [0.2, 0.25) is 0 Å². The molecular formula is C17H15N3O2. The molecule has 22 heavy (non-hydrogen) atoms. The van der Waals surface area contributed by atoms with E-state index in [1.807, 2.05) is 36.4 Å². The van der Waals surface area contributed by atoms with Crippen molar-refractivity contribution in [2.45, 2.75) is 6.10 Å². The summed E-state index contributed by atoms with van der Waals surface area (Å²) < 4.78 is 5.77. The summed E-state index contributed by atoms with van der Waals surface area (Å²) in [7, 11) is 0. The lowest BCUT2D eigenvalue weighted by atomic mass is 10.1. The molecule has 0 spiro atoms. The van der Waals surface area contributed by atoms with Crippen molar-refractivity contribution in [2.24, 2.45) is 0 Å². The third kappa shape index (κ3) is 2.20. The SMILES string of the molecule is O=C(c1c[nH]c2ccccc12)N1CC(Oc2cccnc2)C1. The van der Waals surface area contributed by atoms with Crippen LogP contribution in [0, 0.1) is 0 Å². The second kappa shape index (κ2) is 5.18. The molecule has 0 aliphatic carbocycles. The van der Waals surface area contributed by atoms with Gasteiger partial charge >= 0.3 is 0 Å². The van der Waals surface area contributed by atoms with Gasteiger partial charge in [-0.3, -0.25) is 9.78 Å². The van der Waals surface area contributed by atoms with E-state index in [4.69, 9.17) is 4.74 Å². The van der Waals surface area contributed by atoms with E-state index in [1.165, 1.54) is 0 Å². The predicted molar refractivity (Wildman–Crippen MR) is 82.9 cm³/mol. The molecule has 110 valence electrons. The van der Waals surface area contributed by atoms with Crippen LogP contribution in [-0.2, 0) is 0 Å². The smallest absolute Gasteiger partial charge is 0.256 e. The molecule has 5 heteroatoms. The molecule has 1 fully saturated rings. The predicted octanol–water partition coefficient (Wildman–Crippen LogP) is 2.47. The second-order valence-corrected chi connectivity index (χ2v) is 5.39. The molecule has 1 aliphatic rings. The molecule has 0 bridgehead atoms. The number of benzene rings is 1. The maximum Gasteiger partial charge on any atom is 0.256 e. The van der Waals surface area contributed by atoms with Crippen molar-refractivity contribution in [3.63, 3.8) is 0 Å². The Morgan fingerprint density at radius 1 is 1.23 bits per heavy atom. The molecular weight excluding hydrogens is 278 g/mol. The minimum atomic E-state index is 0.0401. The Kier molecular flexibility index (Phi) is 3.04. The van der Waals surface area contributed by atoms with Crippen LogP contribution in [0.1, 0.15) is 10.4 Å². The molecule has 0 unspecified atom stereocenters. The number of hydrogen-bond acceptors (Lipinski definition) is 3. The first-order valence-electron chi connectivity index (χ1n) is 7.23. The summed E-state index contributed by atoms with van der Waals surface area (Å²) in [4.78, 5) is 21.5. The fraction of sp³-hybridized carbons (Fsp3) is 0.176. The van der Waals surface area contributed by atoms with Crippen molar-refractivity contribution < 1.29 is 9.53 Å². The normalized spacial score (nSPS) is 14.8. The summed E-state index contributed by atoms with van der Waals surface area (Å²) in [6, 6.07) is 11.5. The highest BCUT2D eigenvalue weighted by Gasteiger charge is 2.33. The van der Waals surface area contributed by atoms with E-state index >= 15 is 0 Å². The van der Waals surface area contributed by atoms with Gasteiger partial charge in [-0.1, -0.05) is 18.2 Å². The van der Waals surface area contributed by atoms with Crippen molar-refractivity contribution in [1.29, 1.82) is 0 Å². The molecule has 0 atom stereocenters. The number of rotatable bonds is 3. The number of aromatic amines is 1. The van der Waals surface area contributed by atoms with E-state index in [-0.39, 0.29) is 12.0 Å². The van der Waals surface area contributed by atoms with Crippen molar-refractivity contribution in [2.75, 3.05) is 13.1 Å². The van der Waals surface area contributed by atoms with Crippen LogP contribution < -0.4 is 4.74 Å². The van der Waals surface area contributed by atoms with E-state index in [9.17, 15) is 4.79 Å². The number of ether oxygens (including phenoxy) is 1. The Balaban J connectivity index is 1.43. The van der Waals surface area contributed by atoms with Gasteiger partial charge in [0.1, 0.15) is 11.9 Å². The summed E-state index contributed by atoms with van der Waals surface area (Å²) in [5.74, 6) is 0.787. The first-order chi connectivity index (χ1) is 10.8. The third-order valence-electron chi connectivity index (χ3n) is 3.89. The Labute approximate surface area is 127 Å². The van der Waals surface area contributed by atoms with Crippen molar-refractivity contribution >= 4 is 16.8 Å². The van der Waals surface area contributed by atoms with Crippen LogP contribution in [0.2, 0.25) is 0 Å². The lowest BCUT2D eigenvalue weighted by Crippen LogP contribution is -2.56. The molecule has 5 nitrogen and oxygen atoms in total. The number of carbonyl (C=O) groups excluding carboxylic acids is 1. The Bertz CT molecular complexity index is 807. The van der Waals surface area contributed by atoms with Gasteiger partial charge in [0.05, 0.1) is 24.8 Å². The van der Waals surface area contributed by atoms with Gasteiger partial charge in [0, 0.05) is 23.3 Å². The average Bonchev–Trinajstić information content (AvgIpc) is 2.95. The Morgan fingerprint density at radius 3 is 2.91 bits per heavy atom. The number of carbonyl (C=O) groups is 1. The Hall–Kier alpha value is -2.82. The zero-order chi connectivity index (χ0) is 14.9. The highest BCUT2D eigenvalue weighted by Crippen LogP contribution is 2.23. The highest BCUT2D eigenvalue weighted by molar-refractivity contribution is 6.06. The Morgan fingerprint density at radius 2 is 2.09 bits per heavy atom. The number of nitrogens with zero attached hydrogens (tertiary/aromatic N) is 2. The zero-order valence-electron chi connectivity index (χ0n) is 11.9. The molecule has 1 saturated heterocycles. The fourth-order valence-electron chi connectivity index (χ4n) is 2.71. The topological polar surface area (TPSA) is 58.2 Å². The number of amides is 1. The van der Waals surface area contributed by atoms with Gasteiger partial charge in [-0.15, -0.1) is 0 Å². The lowest BCUT2D eigenvalue weighted by molar-refractivity contribution is 0.0178. The van der Waals surface area contributed by atoms with Crippen molar-refractivity contribution in [3.8, 4) is 5.75 Å². The summed E-state index contributed by atoms with van der Waals surface area (Å²) >= 11 is 0. The van der Waals surface area contributed by atoms with Crippen LogP contribution in [0.5, 0.6) is 5.75 Å². The maximum absolute atomic E-state index is 12.5. The van der Waals surface area contributed by atoms with E-state index < -0.39 is 0 Å². The molecule has 4 rings (SSSR count). The molecule has 3 aromatic rings. The average molecular weight is 293 g/mol. The molecule has 1 N–H and O–H groups in total. The third-order valence-corrected chi connectivity index (χ3v) is 3.89. The van der Waals surface area contributed by atoms with Gasteiger partial charge in [-0.2, -0.15) is 0 Å². The van der Waals surface area contributed by atoms with Crippen molar-refractivity contribution in [3.05, 3.63) is 60.6 Å². The van der Waals surface area contributed by atoms with Crippen LogP contribution in [0.4, 0.5) is 0 Å². The summed E-state index contributed by atoms with van der Waals surface area (Å²) in [5.41, 5.74) is 1.70. The van der Waals surface area contributed by atoms with E-state index in [0.29, 0.717) is 13.1 Å². The van der Waals surface area contributed by atoms with E-state index in [0.717, 1.165) is 22.2 Å². The zero-order valence-corrected chi connectivity index (χ0v) is 11.9. The highest BCUT2D eigenvalue weighted by atomic mass is 16.5. The van der Waals surface area contributed by atoms with Gasteiger partial charge in [-0.25, -0.2) is 0 Å². The first-order valence-corrected chi connectivity index (χ1v) is 7.23. The number of pyridine rings is 1. The van der Waals surface area contributed by atoms with Crippen LogP contribution in [-0.4, -0.2) is 40.0 Å². The molecule has 1 aromatic carbocycles. The van der Waals surface area contributed by atoms with E-state index in [2.05, 4.69) is 9.97 Å². The summed E-state index contributed by atoms with van der Waals surface area (Å²) in [6.45, 7) is 1.21. The molecule has 1 aliphatic heterocycles. The van der Waals surface area contributed by atoms with Crippen LogP contribution in [0.15, 0.2) is 55.0 Å². The first kappa shape index (κ1) is 12.9. The van der Waals surface area contributed by atoms with Gasteiger partial charge in [-0.05, 0) is 18.2 Å². The number of para-hydroxylation sites is 1. The standard InChI is InChI=1S/C17H15N3O2/c21-17(15-9-19-16-6-2-1-5-14(15)16)20-10-13(11-20)22-12-4-3-7-18-8-12/h1-9,13,19H,10-11H2. The number of fused-ring (bicyclic) bond motifs is 1. The number of H-pyrrole nitrogens is 1. The summed E-state index contributed by atoms with van der Waals surface area (Å²) in [6.07, 6.45) is 5.21. The van der Waals surface area contributed by atoms with Crippen LogP contribution in [0.25, 0.3) is 10.9 Å². The molecule has 0 radical (unpaired) electrons. The second-order valence-electron chi connectivity index (χ2n) is 5.39. The number of aromatic nitrogens is 2. The lowest BCUT2D eigenvalue weighted by Gasteiger charge is -2.38. The molecule has 1 amide bonds. The monoisotopic (exact) mass is 293 g/mol. The minimum Gasteiger partial charge on any atom is -0.485 e. The molecule has 3 heterocycles. The molecule has 2 aromatic heterocycles. The number of hydrogen-bond donors (Lipinski definition) is 1. The van der Waals surface area contributed by atoms with Gasteiger partial charge in [0.25, 0.3) is 5.91 Å². The van der Waals surface area contributed by atoms with Gasteiger partial charge in [0.15, 0.2) is 0 Å². The summed E-state index contributed by atoms with van der Waals surface area (Å²) in [5, 5.41) is 0.962. The maximum atomic E-state index is 12.5. The number of likely N-dealkylation sites (tertiary alicyclic amines) is 1. The quantitative estimate of drug-likeness (QED) is 0.807. The minimum absolute atomic E-state index is 0.0401. The van der Waals surface area contributed by atoms with Crippen molar-refractivity contribution in [1.82, 2.24) is 14.9 Å². The largest absolute Gasteiger partial charge is 0.485 e. The number of nitrogens with one attached hydrogen (secondary N) is 1. The van der Waals surface area contributed by atoms with Crippen LogP contribution >= 0.6 is 0 Å².